The predicted octanol–water partition coefficient (Wildman–Crippen LogP) is 7.00. The number of rotatable bonds is 5. The van der Waals surface area contributed by atoms with E-state index in [0.717, 1.165) is 50.6 Å². The monoisotopic (exact) mass is 635 g/mol. The summed E-state index contributed by atoms with van der Waals surface area (Å²) >= 11 is 0. The molecule has 8 aliphatic rings. The number of nitrogens with one attached hydrogen (secondary N) is 2. The lowest BCUT2D eigenvalue weighted by atomic mass is 9.69. The molecule has 0 amide bonds. The van der Waals surface area contributed by atoms with E-state index in [1.54, 1.807) is 0 Å². The Kier molecular flexibility index (Phi) is 10.3. The van der Waals surface area contributed by atoms with Crippen LogP contribution in [-0.4, -0.2) is 76.9 Å². The maximum atomic E-state index is 13.2. The number of Topliss-reactive ketones (excluding diaryl/α,β-unsaturated/α-hetero) is 2. The fourth-order valence-electron chi connectivity index (χ4n) is 12.9. The van der Waals surface area contributed by atoms with Crippen LogP contribution in [0.25, 0.3) is 0 Å². The van der Waals surface area contributed by atoms with E-state index in [9.17, 15) is 9.59 Å². The molecule has 9 atom stereocenters. The third-order valence-corrected chi connectivity index (χ3v) is 15.2. The number of ketones is 2. The number of nitrogens with zero attached hydrogens (tertiary/aromatic N) is 2. The lowest BCUT2D eigenvalue weighted by Gasteiger charge is -2.55. The van der Waals surface area contributed by atoms with Gasteiger partial charge in [-0.25, -0.2) is 0 Å². The molecular formula is C40H66N4O2. The summed E-state index contributed by atoms with van der Waals surface area (Å²) in [5, 5.41) is 8.67. The van der Waals surface area contributed by atoms with Gasteiger partial charge in [-0.2, -0.15) is 0 Å². The molecule has 258 valence electrons. The van der Waals surface area contributed by atoms with E-state index in [1.165, 1.54) is 128 Å². The second-order valence-electron chi connectivity index (χ2n) is 17.7. The van der Waals surface area contributed by atoms with E-state index in [0.29, 0.717) is 71.7 Å². The first-order valence-electron chi connectivity index (χ1n) is 20.7. The molecule has 8 rings (SSSR count). The van der Waals surface area contributed by atoms with E-state index in [2.05, 4.69) is 20.4 Å². The van der Waals surface area contributed by atoms with Gasteiger partial charge < -0.3 is 0 Å². The van der Waals surface area contributed by atoms with Gasteiger partial charge >= 0.3 is 0 Å². The minimum Gasteiger partial charge on any atom is -0.299 e. The van der Waals surface area contributed by atoms with Crippen LogP contribution in [0.3, 0.4) is 0 Å². The Morgan fingerprint density at radius 1 is 0.457 bits per heavy atom. The molecule has 3 heterocycles. The van der Waals surface area contributed by atoms with Gasteiger partial charge in [0.05, 0.1) is 6.17 Å². The van der Waals surface area contributed by atoms with Gasteiger partial charge in [-0.05, 0) is 94.8 Å². The van der Waals surface area contributed by atoms with Gasteiger partial charge in [0.15, 0.2) is 0 Å². The molecule has 0 bridgehead atoms. The minimum absolute atomic E-state index is 0.292. The van der Waals surface area contributed by atoms with Crippen molar-refractivity contribution >= 4 is 11.6 Å². The molecule has 0 aromatic carbocycles. The Morgan fingerprint density at radius 3 is 1.46 bits per heavy atom. The van der Waals surface area contributed by atoms with E-state index in [-0.39, 0.29) is 0 Å². The third kappa shape index (κ3) is 6.69. The summed E-state index contributed by atoms with van der Waals surface area (Å²) in [4.78, 5) is 32.1. The average molecular weight is 635 g/mol. The molecule has 6 nitrogen and oxygen atoms in total. The first-order chi connectivity index (χ1) is 22.6. The van der Waals surface area contributed by atoms with Crippen molar-refractivity contribution in [1.29, 1.82) is 0 Å². The molecule has 3 saturated heterocycles. The fraction of sp³-hybridized carbons (Fsp3) is 0.950. The van der Waals surface area contributed by atoms with E-state index in [1.807, 2.05) is 0 Å². The van der Waals surface area contributed by atoms with Gasteiger partial charge in [-0.15, -0.1) is 0 Å². The molecule has 5 aliphatic carbocycles. The van der Waals surface area contributed by atoms with E-state index < -0.39 is 0 Å². The van der Waals surface area contributed by atoms with Crippen LogP contribution in [0.1, 0.15) is 154 Å². The van der Waals surface area contributed by atoms with Crippen molar-refractivity contribution in [1.82, 2.24) is 20.4 Å². The molecule has 5 saturated carbocycles. The summed E-state index contributed by atoms with van der Waals surface area (Å²) in [6.45, 7) is 1.98. The van der Waals surface area contributed by atoms with Gasteiger partial charge in [0, 0.05) is 74.0 Å². The summed E-state index contributed by atoms with van der Waals surface area (Å²) in [5.74, 6) is 4.03. The van der Waals surface area contributed by atoms with Crippen LogP contribution in [0, 0.1) is 29.6 Å². The SMILES string of the molecule is O=C1CCN(C2CC(C3CC(C4CCCCC4)NC(C4CCCCC4)N3)CC(N3CCC(=O)C4CCCCC43)C2)C2CCCCC12. The van der Waals surface area contributed by atoms with E-state index in [4.69, 9.17) is 0 Å². The summed E-state index contributed by atoms with van der Waals surface area (Å²) < 4.78 is 0. The van der Waals surface area contributed by atoms with E-state index >= 15 is 0 Å². The smallest absolute Gasteiger partial charge is 0.138 e. The highest BCUT2D eigenvalue weighted by atomic mass is 16.1. The lowest BCUT2D eigenvalue weighted by molar-refractivity contribution is -0.135. The first-order valence-corrected chi connectivity index (χ1v) is 20.7. The maximum Gasteiger partial charge on any atom is 0.138 e. The molecule has 9 unspecified atom stereocenters. The fourth-order valence-corrected chi connectivity index (χ4v) is 12.9. The normalized spacial score (nSPS) is 44.4. The highest BCUT2D eigenvalue weighted by molar-refractivity contribution is 5.83. The topological polar surface area (TPSA) is 64.7 Å². The van der Waals surface area contributed by atoms with Crippen LogP contribution in [0.5, 0.6) is 0 Å². The van der Waals surface area contributed by atoms with Gasteiger partial charge in [-0.3, -0.25) is 30.0 Å². The number of hydrogen-bond donors (Lipinski definition) is 2. The Hall–Kier alpha value is -0.820. The standard InChI is InChI=1S/C40H66N4O2/c45-38-19-21-43(36-17-9-7-15-32(36)38)30-23-29(24-31(25-30)44-22-20-39(46)33-16-8-10-18-37(33)44)35-26-34(27-11-3-1-4-12-27)41-40(42-35)28-13-5-2-6-14-28/h27-37,40-42H,1-26H2. The van der Waals surface area contributed by atoms with Crippen LogP contribution in [0.15, 0.2) is 0 Å². The van der Waals surface area contributed by atoms with Gasteiger partial charge in [0.25, 0.3) is 0 Å². The Labute approximate surface area is 280 Å². The second kappa shape index (κ2) is 14.6. The van der Waals surface area contributed by atoms with Crippen molar-refractivity contribution in [2.75, 3.05) is 13.1 Å². The largest absolute Gasteiger partial charge is 0.299 e. The van der Waals surface area contributed by atoms with Crippen molar-refractivity contribution in [3.8, 4) is 0 Å². The zero-order valence-corrected chi connectivity index (χ0v) is 29.0. The predicted molar refractivity (Wildman–Crippen MR) is 184 cm³/mol. The number of carbonyl (C=O) groups excluding carboxylic acids is 2. The molecular weight excluding hydrogens is 568 g/mol. The van der Waals surface area contributed by atoms with Crippen LogP contribution in [-0.2, 0) is 9.59 Å². The zero-order chi connectivity index (χ0) is 31.0. The minimum atomic E-state index is 0.292. The molecule has 2 N–H and O–H groups in total. The molecule has 6 heteroatoms. The molecule has 8 fully saturated rings. The van der Waals surface area contributed by atoms with Crippen molar-refractivity contribution in [2.45, 2.75) is 197 Å². The van der Waals surface area contributed by atoms with Crippen molar-refractivity contribution in [3.63, 3.8) is 0 Å². The zero-order valence-electron chi connectivity index (χ0n) is 29.0. The van der Waals surface area contributed by atoms with Crippen LogP contribution >= 0.6 is 0 Å². The van der Waals surface area contributed by atoms with Crippen molar-refractivity contribution in [3.05, 3.63) is 0 Å². The number of hydrogen-bond acceptors (Lipinski definition) is 6. The molecule has 0 aromatic rings. The summed E-state index contributed by atoms with van der Waals surface area (Å²) in [6, 6.07) is 3.39. The Morgan fingerprint density at radius 2 is 0.913 bits per heavy atom. The van der Waals surface area contributed by atoms with Crippen LogP contribution in [0.4, 0.5) is 0 Å². The quantitative estimate of drug-likeness (QED) is 0.340. The average Bonchev–Trinajstić information content (AvgIpc) is 3.12. The Bertz CT molecular complexity index is 976. The number of fused-ring (bicyclic) bond motifs is 2. The number of likely N-dealkylation sites (tertiary alicyclic amines) is 2. The van der Waals surface area contributed by atoms with Gasteiger partial charge in [0.2, 0.25) is 0 Å². The van der Waals surface area contributed by atoms with Crippen LogP contribution in [0.2, 0.25) is 0 Å². The van der Waals surface area contributed by atoms with Crippen molar-refractivity contribution < 1.29 is 9.59 Å². The number of carbonyl (C=O) groups is 2. The Balaban J connectivity index is 1.08. The highest BCUT2D eigenvalue weighted by Crippen LogP contribution is 2.45. The maximum absolute atomic E-state index is 13.2. The summed E-state index contributed by atoms with van der Waals surface area (Å²) in [5.41, 5.74) is 0. The van der Waals surface area contributed by atoms with Crippen molar-refractivity contribution in [2.24, 2.45) is 29.6 Å². The third-order valence-electron chi connectivity index (χ3n) is 15.2. The molecule has 0 aromatic heterocycles. The molecule has 3 aliphatic heterocycles. The van der Waals surface area contributed by atoms with Gasteiger partial charge in [-0.1, -0.05) is 64.2 Å². The highest BCUT2D eigenvalue weighted by Gasteiger charge is 2.49. The summed E-state index contributed by atoms with van der Waals surface area (Å²) in [7, 11) is 0. The molecule has 46 heavy (non-hydrogen) atoms. The second-order valence-corrected chi connectivity index (χ2v) is 17.7. The molecule has 0 spiro atoms. The number of piperidine rings is 2. The lowest BCUT2D eigenvalue weighted by Crippen LogP contribution is -2.66. The van der Waals surface area contributed by atoms with Crippen LogP contribution < -0.4 is 10.6 Å². The first kappa shape index (κ1) is 32.4. The molecule has 0 radical (unpaired) electrons. The summed E-state index contributed by atoms with van der Waals surface area (Å²) in [6.07, 6.45) is 31.1. The van der Waals surface area contributed by atoms with Gasteiger partial charge in [0.1, 0.15) is 11.6 Å².